The number of aliphatic hydroxyl groups excluding tert-OH is 6. The Hall–Kier alpha value is -5.99. The van der Waals surface area contributed by atoms with E-state index in [4.69, 9.17) is 14.2 Å². The second-order valence-electron chi connectivity index (χ2n) is 20.7. The van der Waals surface area contributed by atoms with Gasteiger partial charge in [0.1, 0.15) is 36.2 Å². The van der Waals surface area contributed by atoms with E-state index in [1.54, 1.807) is 4.90 Å². The quantitative estimate of drug-likeness (QED) is 0.0283. The number of nitrogens with zero attached hydrogens (tertiary/aromatic N) is 5. The van der Waals surface area contributed by atoms with Gasteiger partial charge >= 0.3 is 0 Å². The average Bonchev–Trinajstić information content (AvgIpc) is 3.55. The number of nitrogens with one attached hydrogen (secondary N) is 8. The minimum absolute atomic E-state index is 0.0312. The van der Waals surface area contributed by atoms with Gasteiger partial charge in [-0.2, -0.15) is 15.0 Å². The smallest absolute Gasteiger partial charge is 0.232 e. The summed E-state index contributed by atoms with van der Waals surface area (Å²) < 4.78 is 17.1. The van der Waals surface area contributed by atoms with E-state index in [1.807, 2.05) is 4.90 Å². The van der Waals surface area contributed by atoms with Crippen molar-refractivity contribution < 1.29 is 83.2 Å². The van der Waals surface area contributed by atoms with Crippen LogP contribution in [0.15, 0.2) is 0 Å². The summed E-state index contributed by atoms with van der Waals surface area (Å²) in [5, 5.41) is 83.0. The number of Topliss-reactive ketones (excluding diaryl/α,β-unsaturated/α-hetero) is 1. The highest BCUT2D eigenvalue weighted by atomic mass is 16.7. The largest absolute Gasteiger partial charge is 0.396 e. The SMILES string of the molecule is CC(=O)CCCC(=O)N1CCN(c2nc(NCCC(=O)NCCCNC(=O)CCCCOC3CC(CO)C(O)C(O)C3NC(C)=O)nc(NCCC(=O)NCCCNC(=O)CCCCOC3OC(CO)C(O)C(O)C3NC(C)=O)n2)CC1. The lowest BCUT2D eigenvalue weighted by Crippen LogP contribution is -2.64. The molecule has 1 aliphatic carbocycles. The summed E-state index contributed by atoms with van der Waals surface area (Å²) in [5.41, 5.74) is 0. The first kappa shape index (κ1) is 68.5. The summed E-state index contributed by atoms with van der Waals surface area (Å²) in [7, 11) is 0. The third kappa shape index (κ3) is 24.8. The van der Waals surface area contributed by atoms with E-state index in [0.29, 0.717) is 110 Å². The number of unbranched alkanes of at least 4 members (excludes halogenated alkanes) is 2. The Balaban J connectivity index is 1.13. The summed E-state index contributed by atoms with van der Waals surface area (Å²) in [5.74, 6) is -1.64. The Labute approximate surface area is 477 Å². The van der Waals surface area contributed by atoms with E-state index < -0.39 is 73.4 Å². The van der Waals surface area contributed by atoms with Crippen LogP contribution in [-0.2, 0) is 52.6 Å². The molecule has 0 aromatic carbocycles. The van der Waals surface area contributed by atoms with Crippen molar-refractivity contribution in [1.82, 2.24) is 51.8 Å². The van der Waals surface area contributed by atoms with Gasteiger partial charge < -0.3 is 102 Å². The van der Waals surface area contributed by atoms with Crippen molar-refractivity contribution in [2.24, 2.45) is 5.92 Å². The fourth-order valence-electron chi connectivity index (χ4n) is 9.37. The fraction of sp³-hybridized carbons (Fsp3) is 0.788. The molecule has 1 aromatic rings. The number of hydrogen-bond donors (Lipinski definition) is 14. The lowest BCUT2D eigenvalue weighted by Gasteiger charge is -2.42. The van der Waals surface area contributed by atoms with Crippen LogP contribution in [-0.4, -0.2) is 244 Å². The first-order chi connectivity index (χ1) is 39.3. The number of hydrogen-bond acceptors (Lipinski definition) is 23. The normalized spacial score (nSPS) is 23.5. The number of ether oxygens (including phenoxy) is 3. The lowest BCUT2D eigenvalue weighted by atomic mass is 9.79. The second kappa shape index (κ2) is 37.3. The van der Waals surface area contributed by atoms with Crippen molar-refractivity contribution in [2.45, 2.75) is 166 Å². The molecule has 10 unspecified atom stereocenters. The Morgan fingerprint density at radius 2 is 1.04 bits per heavy atom. The van der Waals surface area contributed by atoms with Gasteiger partial charge in [-0.1, -0.05) is 0 Å². The molecule has 30 heteroatoms. The van der Waals surface area contributed by atoms with Gasteiger partial charge in [-0.15, -0.1) is 0 Å². The molecular formula is C52H89N13O17. The number of rotatable bonds is 37. The standard InChI is InChI=1S/C52H89N13O17/c1-32(68)11-8-14-42(75)64-23-25-65(26-24-64)52-62-50(57-21-15-40(73)55-19-9-17-53-38(71)12-4-6-27-80-36-29-35(30-66)45(76)47(78)43(36)59-33(2)69)61-51(63-52)58-22-16-41(74)56-20-10-18-54-39(72)13-5-7-28-81-49-44(60-34(3)70)48(79)46(77)37(31-67)82-49/h35-37,43-49,66-67,76-79H,4-31H2,1-3H3,(H,53,71)(H,54,72)(H,55,73)(H,56,74)(H,59,69)(H,60,70)(H2,57,58,61,62,63). The number of amides is 7. The van der Waals surface area contributed by atoms with E-state index in [-0.39, 0.29) is 125 Å². The maximum atomic E-state index is 12.8. The van der Waals surface area contributed by atoms with Crippen molar-refractivity contribution in [2.75, 3.05) is 107 Å². The Morgan fingerprint density at radius 1 is 0.537 bits per heavy atom. The molecule has 14 N–H and O–H groups in total. The molecule has 3 heterocycles. The average molecular weight is 1170 g/mol. The number of carbonyl (C=O) groups is 8. The molecule has 10 atom stereocenters. The highest BCUT2D eigenvalue weighted by Crippen LogP contribution is 2.28. The van der Waals surface area contributed by atoms with Crippen LogP contribution >= 0.6 is 0 Å². The molecule has 0 bridgehead atoms. The Morgan fingerprint density at radius 3 is 1.54 bits per heavy atom. The van der Waals surface area contributed by atoms with Crippen LogP contribution in [0.5, 0.6) is 0 Å². The minimum atomic E-state index is -1.42. The molecule has 7 amide bonds. The van der Waals surface area contributed by atoms with Gasteiger partial charge in [-0.25, -0.2) is 0 Å². The molecule has 2 saturated heterocycles. The number of piperazine rings is 1. The third-order valence-electron chi connectivity index (χ3n) is 13.9. The van der Waals surface area contributed by atoms with Crippen molar-refractivity contribution in [3.8, 4) is 0 Å². The zero-order valence-corrected chi connectivity index (χ0v) is 47.5. The third-order valence-corrected chi connectivity index (χ3v) is 13.9. The number of ketones is 1. The number of aromatic nitrogens is 3. The molecule has 4 rings (SSSR count). The number of aliphatic hydroxyl groups is 6. The molecule has 1 saturated carbocycles. The first-order valence-corrected chi connectivity index (χ1v) is 28.5. The summed E-state index contributed by atoms with van der Waals surface area (Å²) >= 11 is 0. The highest BCUT2D eigenvalue weighted by molar-refractivity contribution is 5.79. The molecule has 3 fully saturated rings. The van der Waals surface area contributed by atoms with Crippen LogP contribution in [0.2, 0.25) is 0 Å². The van der Waals surface area contributed by atoms with Gasteiger partial charge in [-0.05, 0) is 58.3 Å². The van der Waals surface area contributed by atoms with Gasteiger partial charge in [0, 0.05) is 144 Å². The van der Waals surface area contributed by atoms with E-state index >= 15 is 0 Å². The summed E-state index contributed by atoms with van der Waals surface area (Å²) in [4.78, 5) is 115. The molecule has 82 heavy (non-hydrogen) atoms. The summed E-state index contributed by atoms with van der Waals surface area (Å²) in [6.07, 6.45) is -3.36. The van der Waals surface area contributed by atoms with Crippen LogP contribution in [0.4, 0.5) is 17.8 Å². The highest BCUT2D eigenvalue weighted by Gasteiger charge is 2.46. The summed E-state index contributed by atoms with van der Waals surface area (Å²) in [6, 6.07) is -1.89. The monoisotopic (exact) mass is 1170 g/mol. The molecule has 30 nitrogen and oxygen atoms in total. The fourth-order valence-corrected chi connectivity index (χ4v) is 9.37. The van der Waals surface area contributed by atoms with Gasteiger partial charge in [0.15, 0.2) is 6.29 Å². The van der Waals surface area contributed by atoms with Crippen LogP contribution in [0.3, 0.4) is 0 Å². The van der Waals surface area contributed by atoms with Crippen LogP contribution in [0.25, 0.3) is 0 Å². The molecule has 464 valence electrons. The van der Waals surface area contributed by atoms with Crippen molar-refractivity contribution in [1.29, 1.82) is 0 Å². The maximum absolute atomic E-state index is 12.8. The van der Waals surface area contributed by atoms with Gasteiger partial charge in [0.2, 0.25) is 59.2 Å². The van der Waals surface area contributed by atoms with Crippen LogP contribution in [0.1, 0.15) is 111 Å². The second-order valence-corrected chi connectivity index (χ2v) is 20.7. The molecular weight excluding hydrogens is 1080 g/mol. The van der Waals surface area contributed by atoms with Crippen molar-refractivity contribution in [3.05, 3.63) is 0 Å². The van der Waals surface area contributed by atoms with Gasteiger partial charge in [0.05, 0.1) is 24.9 Å². The molecule has 1 aromatic heterocycles. The predicted molar refractivity (Wildman–Crippen MR) is 294 cm³/mol. The predicted octanol–water partition coefficient (Wildman–Crippen LogP) is -3.95. The summed E-state index contributed by atoms with van der Waals surface area (Å²) in [6.45, 7) is 6.80. The van der Waals surface area contributed by atoms with Gasteiger partial charge in [-0.3, -0.25) is 33.6 Å². The van der Waals surface area contributed by atoms with Crippen LogP contribution < -0.4 is 47.4 Å². The number of anilines is 3. The molecule has 2 aliphatic heterocycles. The molecule has 0 spiro atoms. The maximum Gasteiger partial charge on any atom is 0.232 e. The zero-order chi connectivity index (χ0) is 60.0. The topological polar surface area (TPSA) is 427 Å². The molecule has 0 radical (unpaired) electrons. The Bertz CT molecular complexity index is 2060. The van der Waals surface area contributed by atoms with Crippen molar-refractivity contribution >= 4 is 65.0 Å². The lowest BCUT2D eigenvalue weighted by molar-refractivity contribution is -0.270. The minimum Gasteiger partial charge on any atom is -0.396 e. The van der Waals surface area contributed by atoms with Crippen molar-refractivity contribution in [3.63, 3.8) is 0 Å². The number of carbonyl (C=O) groups excluding carboxylic acids is 8. The molecule has 3 aliphatic rings. The zero-order valence-electron chi connectivity index (χ0n) is 47.5. The van der Waals surface area contributed by atoms with E-state index in [9.17, 15) is 69.0 Å². The van der Waals surface area contributed by atoms with E-state index in [2.05, 4.69) is 57.5 Å². The Kier molecular flexibility index (Phi) is 31.1. The van der Waals surface area contributed by atoms with E-state index in [0.717, 1.165) is 0 Å². The van der Waals surface area contributed by atoms with Crippen LogP contribution in [0, 0.1) is 5.92 Å². The van der Waals surface area contributed by atoms with Gasteiger partial charge in [0.25, 0.3) is 0 Å². The van der Waals surface area contributed by atoms with E-state index in [1.165, 1.54) is 20.8 Å². The first-order valence-electron chi connectivity index (χ1n) is 28.5.